The zero-order valence-corrected chi connectivity index (χ0v) is 12.3. The van der Waals surface area contributed by atoms with Crippen LogP contribution in [-0.4, -0.2) is 29.1 Å². The summed E-state index contributed by atoms with van der Waals surface area (Å²) < 4.78 is 0. The molecular weight excluding hydrogens is 291 g/mol. The molecule has 0 spiro atoms. The third-order valence-corrected chi connectivity index (χ3v) is 1.76. The molecule has 0 aliphatic carbocycles. The first kappa shape index (κ1) is 16.4. The monoisotopic (exact) mass is 314 g/mol. The molecule has 14 heavy (non-hydrogen) atoms. The molecule has 0 unspecified atom stereocenters. The number of urea groups is 1. The van der Waals surface area contributed by atoms with Gasteiger partial charge in [-0.3, -0.25) is 0 Å². The average molecular weight is 314 g/mol. The van der Waals surface area contributed by atoms with Crippen LogP contribution in [0.3, 0.4) is 0 Å². The van der Waals surface area contributed by atoms with Crippen molar-refractivity contribution in [2.45, 2.75) is 59.7 Å². The maximum Gasteiger partial charge on any atom is 0.318 e. The predicted octanol–water partition coefficient (Wildman–Crippen LogP) is 2.84. The molecule has 0 heterocycles. The van der Waals surface area contributed by atoms with Gasteiger partial charge in [0.05, 0.1) is 0 Å². The van der Waals surface area contributed by atoms with E-state index in [4.69, 9.17) is 0 Å². The Balaban J connectivity index is 0. The Kier molecular flexibility index (Phi) is 8.58. The summed E-state index contributed by atoms with van der Waals surface area (Å²) in [5.41, 5.74) is 0. The Bertz CT molecular complexity index is 162. The van der Waals surface area contributed by atoms with Crippen molar-refractivity contribution in [3.8, 4) is 0 Å². The van der Waals surface area contributed by atoms with Gasteiger partial charge < -0.3 is 10.2 Å². The van der Waals surface area contributed by atoms with Crippen LogP contribution >= 0.6 is 24.0 Å². The lowest BCUT2D eigenvalue weighted by Gasteiger charge is -2.31. The Morgan fingerprint density at radius 2 is 1.36 bits per heavy atom. The third kappa shape index (κ3) is 5.67. The minimum Gasteiger partial charge on any atom is -0.336 e. The summed E-state index contributed by atoms with van der Waals surface area (Å²) in [5, 5.41) is 2.89. The van der Waals surface area contributed by atoms with E-state index in [-0.39, 0.29) is 48.1 Å². The molecule has 2 amide bonds. The fourth-order valence-electron chi connectivity index (χ4n) is 1.39. The van der Waals surface area contributed by atoms with Crippen LogP contribution < -0.4 is 5.32 Å². The first-order valence-electron chi connectivity index (χ1n) is 4.95. The van der Waals surface area contributed by atoms with E-state index < -0.39 is 0 Å². The number of hydrogen-bond donors (Lipinski definition) is 1. The summed E-state index contributed by atoms with van der Waals surface area (Å²) in [4.78, 5) is 13.5. The second-order valence-corrected chi connectivity index (χ2v) is 4.20. The van der Waals surface area contributed by atoms with E-state index >= 15 is 0 Å². The Morgan fingerprint density at radius 1 is 1.00 bits per heavy atom. The van der Waals surface area contributed by atoms with Gasteiger partial charge in [0.15, 0.2) is 0 Å². The number of halogens is 1. The number of carbonyl (C=O) groups excluding carboxylic acids is 1. The lowest BCUT2D eigenvalue weighted by Crippen LogP contribution is -2.49. The SMILES string of the molecule is CC(C)NC(=O)N(C(C)C)C(C)C.I. The Labute approximate surface area is 105 Å². The molecule has 0 radical (unpaired) electrons. The molecule has 0 saturated carbocycles. The van der Waals surface area contributed by atoms with Crippen LogP contribution in [0.25, 0.3) is 0 Å². The molecule has 0 rings (SSSR count). The van der Waals surface area contributed by atoms with Crippen LogP contribution in [-0.2, 0) is 0 Å². The highest BCUT2D eigenvalue weighted by molar-refractivity contribution is 14.0. The fraction of sp³-hybridized carbons (Fsp3) is 0.900. The van der Waals surface area contributed by atoms with Gasteiger partial charge >= 0.3 is 6.03 Å². The van der Waals surface area contributed by atoms with Crippen LogP contribution in [0.1, 0.15) is 41.5 Å². The quantitative estimate of drug-likeness (QED) is 0.798. The molecule has 0 aromatic heterocycles. The standard InChI is InChI=1S/C10H22N2O.HI/c1-7(2)11-10(13)12(8(3)4)9(5)6;/h7-9H,1-6H3,(H,11,13);1H. The van der Waals surface area contributed by atoms with Crippen LogP contribution in [0.15, 0.2) is 0 Å². The largest absolute Gasteiger partial charge is 0.336 e. The molecular formula is C10H23IN2O. The second kappa shape index (κ2) is 7.31. The predicted molar refractivity (Wildman–Crippen MR) is 71.2 cm³/mol. The lowest BCUT2D eigenvalue weighted by molar-refractivity contribution is 0.163. The summed E-state index contributed by atoms with van der Waals surface area (Å²) in [6, 6.07) is 0.727. The highest BCUT2D eigenvalue weighted by Gasteiger charge is 2.19. The van der Waals surface area contributed by atoms with Crippen molar-refractivity contribution >= 4 is 30.0 Å². The summed E-state index contributed by atoms with van der Waals surface area (Å²) in [5.74, 6) is 0. The van der Waals surface area contributed by atoms with E-state index in [9.17, 15) is 4.79 Å². The zero-order valence-electron chi connectivity index (χ0n) is 10.00. The van der Waals surface area contributed by atoms with E-state index in [1.165, 1.54) is 0 Å². The van der Waals surface area contributed by atoms with Crippen molar-refractivity contribution in [1.82, 2.24) is 10.2 Å². The average Bonchev–Trinajstić information content (AvgIpc) is 1.81. The van der Waals surface area contributed by atoms with Crippen LogP contribution in [0.4, 0.5) is 4.79 Å². The van der Waals surface area contributed by atoms with Gasteiger partial charge in [-0.05, 0) is 41.5 Å². The summed E-state index contributed by atoms with van der Waals surface area (Å²) in [6.07, 6.45) is 0. The minimum atomic E-state index is 0. The van der Waals surface area contributed by atoms with Crippen molar-refractivity contribution in [3.05, 3.63) is 0 Å². The van der Waals surface area contributed by atoms with E-state index in [0.717, 1.165) is 0 Å². The molecule has 0 aliphatic rings. The summed E-state index contributed by atoms with van der Waals surface area (Å²) in [7, 11) is 0. The fourth-order valence-corrected chi connectivity index (χ4v) is 1.39. The summed E-state index contributed by atoms with van der Waals surface area (Å²) in [6.45, 7) is 12.0. The first-order chi connectivity index (χ1) is 5.86. The molecule has 0 aromatic carbocycles. The number of hydrogen-bond acceptors (Lipinski definition) is 1. The number of rotatable bonds is 3. The van der Waals surface area contributed by atoms with Gasteiger partial charge in [0.1, 0.15) is 0 Å². The Hall–Kier alpha value is 0. The van der Waals surface area contributed by atoms with Crippen molar-refractivity contribution < 1.29 is 4.79 Å². The smallest absolute Gasteiger partial charge is 0.318 e. The molecule has 4 heteroatoms. The summed E-state index contributed by atoms with van der Waals surface area (Å²) >= 11 is 0. The molecule has 0 aromatic rings. The highest BCUT2D eigenvalue weighted by Crippen LogP contribution is 2.05. The van der Waals surface area contributed by atoms with Crippen molar-refractivity contribution in [2.75, 3.05) is 0 Å². The number of nitrogens with one attached hydrogen (secondary N) is 1. The lowest BCUT2D eigenvalue weighted by atomic mass is 10.2. The molecule has 0 bridgehead atoms. The minimum absolute atomic E-state index is 0. The van der Waals surface area contributed by atoms with Gasteiger partial charge in [0, 0.05) is 18.1 Å². The van der Waals surface area contributed by atoms with Gasteiger partial charge in [-0.2, -0.15) is 0 Å². The van der Waals surface area contributed by atoms with Crippen molar-refractivity contribution in [1.29, 1.82) is 0 Å². The normalized spacial score (nSPS) is 10.4. The van der Waals surface area contributed by atoms with Crippen LogP contribution in [0, 0.1) is 0 Å². The van der Waals surface area contributed by atoms with Gasteiger partial charge in [-0.25, -0.2) is 4.79 Å². The molecule has 1 N–H and O–H groups in total. The van der Waals surface area contributed by atoms with Gasteiger partial charge in [-0.1, -0.05) is 0 Å². The number of nitrogens with zero attached hydrogens (tertiary/aromatic N) is 1. The highest BCUT2D eigenvalue weighted by atomic mass is 127. The van der Waals surface area contributed by atoms with E-state index in [1.54, 1.807) is 0 Å². The second-order valence-electron chi connectivity index (χ2n) is 4.20. The Morgan fingerprint density at radius 3 is 1.57 bits per heavy atom. The third-order valence-electron chi connectivity index (χ3n) is 1.76. The molecule has 0 saturated heterocycles. The van der Waals surface area contributed by atoms with E-state index in [0.29, 0.717) is 0 Å². The van der Waals surface area contributed by atoms with Gasteiger partial charge in [0.25, 0.3) is 0 Å². The van der Waals surface area contributed by atoms with Gasteiger partial charge in [0.2, 0.25) is 0 Å². The van der Waals surface area contributed by atoms with Gasteiger partial charge in [-0.15, -0.1) is 24.0 Å². The van der Waals surface area contributed by atoms with E-state index in [1.807, 2.05) is 46.4 Å². The maximum atomic E-state index is 11.7. The van der Waals surface area contributed by atoms with Crippen molar-refractivity contribution in [2.24, 2.45) is 0 Å². The molecule has 86 valence electrons. The number of amides is 2. The van der Waals surface area contributed by atoms with E-state index in [2.05, 4.69) is 5.32 Å². The van der Waals surface area contributed by atoms with Crippen molar-refractivity contribution in [3.63, 3.8) is 0 Å². The zero-order chi connectivity index (χ0) is 10.6. The van der Waals surface area contributed by atoms with Crippen LogP contribution in [0.5, 0.6) is 0 Å². The van der Waals surface area contributed by atoms with Crippen LogP contribution in [0.2, 0.25) is 0 Å². The molecule has 0 fully saturated rings. The molecule has 0 atom stereocenters. The first-order valence-corrected chi connectivity index (χ1v) is 4.95. The maximum absolute atomic E-state index is 11.7. The molecule has 3 nitrogen and oxygen atoms in total. The topological polar surface area (TPSA) is 32.3 Å². The molecule has 0 aliphatic heterocycles. The number of carbonyl (C=O) groups is 1.